The van der Waals surface area contributed by atoms with Crippen molar-refractivity contribution in [2.45, 2.75) is 18.2 Å². The highest BCUT2D eigenvalue weighted by atomic mass is 32.2. The maximum Gasteiger partial charge on any atom is 0.0532 e. The summed E-state index contributed by atoms with van der Waals surface area (Å²) in [7, 11) is 0. The molecule has 0 spiro atoms. The molecule has 1 atom stereocenters. The molecule has 0 aromatic rings. The van der Waals surface area contributed by atoms with Gasteiger partial charge in [0.25, 0.3) is 0 Å². The lowest BCUT2D eigenvalue weighted by Crippen LogP contribution is -2.29. The quantitative estimate of drug-likeness (QED) is 0.605. The van der Waals surface area contributed by atoms with Crippen molar-refractivity contribution in [3.63, 3.8) is 0 Å². The van der Waals surface area contributed by atoms with Gasteiger partial charge < -0.3 is 11.1 Å². The zero-order valence-electron chi connectivity index (χ0n) is 5.60. The molecule has 0 aromatic heterocycles. The van der Waals surface area contributed by atoms with Gasteiger partial charge in [-0.1, -0.05) is 0 Å². The van der Waals surface area contributed by atoms with Crippen LogP contribution >= 0.6 is 11.8 Å². The first-order valence-corrected chi connectivity index (χ1v) is 4.53. The monoisotopic (exact) mass is 146 g/mol. The van der Waals surface area contributed by atoms with Gasteiger partial charge in [-0.3, -0.25) is 0 Å². The lowest BCUT2D eigenvalue weighted by molar-refractivity contribution is 0.629. The van der Waals surface area contributed by atoms with Crippen molar-refractivity contribution in [3.05, 3.63) is 0 Å². The summed E-state index contributed by atoms with van der Waals surface area (Å²) < 4.78 is 0. The Kier molecular flexibility index (Phi) is 3.40. The van der Waals surface area contributed by atoms with E-state index in [-0.39, 0.29) is 0 Å². The highest BCUT2D eigenvalue weighted by Crippen LogP contribution is 2.23. The maximum absolute atomic E-state index is 5.33. The summed E-state index contributed by atoms with van der Waals surface area (Å²) in [4.78, 5) is 0. The average Bonchev–Trinajstić information content (AvgIpc) is 2.34. The second kappa shape index (κ2) is 4.14. The average molecular weight is 146 g/mol. The van der Waals surface area contributed by atoms with Crippen LogP contribution in [0.25, 0.3) is 0 Å². The predicted octanol–water partition coefficient (Wildman–Crippen LogP) is 0.388. The summed E-state index contributed by atoms with van der Waals surface area (Å²) in [5, 5.41) is 4.07. The molecule has 1 aliphatic heterocycles. The van der Waals surface area contributed by atoms with Gasteiger partial charge in [-0.05, 0) is 18.6 Å². The van der Waals surface area contributed by atoms with E-state index in [1.807, 2.05) is 11.8 Å². The van der Waals surface area contributed by atoms with Crippen LogP contribution in [0, 0.1) is 0 Å². The first-order valence-electron chi connectivity index (χ1n) is 3.48. The predicted molar refractivity (Wildman–Crippen MR) is 42.5 cm³/mol. The molecular weight excluding hydrogens is 132 g/mol. The Labute approximate surface area is 60.6 Å². The van der Waals surface area contributed by atoms with Crippen molar-refractivity contribution in [1.82, 2.24) is 5.32 Å². The molecule has 3 heteroatoms. The molecule has 0 aromatic carbocycles. The van der Waals surface area contributed by atoms with E-state index < -0.39 is 0 Å². The Morgan fingerprint density at radius 3 is 3.11 bits per heavy atom. The first kappa shape index (κ1) is 7.38. The highest BCUT2D eigenvalue weighted by Gasteiger charge is 2.13. The number of hydrogen-bond acceptors (Lipinski definition) is 3. The van der Waals surface area contributed by atoms with Gasteiger partial charge in [0.05, 0.1) is 5.37 Å². The van der Waals surface area contributed by atoms with Crippen LogP contribution in [0.4, 0.5) is 0 Å². The molecule has 1 saturated heterocycles. The van der Waals surface area contributed by atoms with Gasteiger partial charge in [0, 0.05) is 13.1 Å². The molecule has 9 heavy (non-hydrogen) atoms. The van der Waals surface area contributed by atoms with Crippen LogP contribution in [-0.2, 0) is 0 Å². The lowest BCUT2D eigenvalue weighted by atomic mass is 10.3. The summed E-state index contributed by atoms with van der Waals surface area (Å²) >= 11 is 2.02. The van der Waals surface area contributed by atoms with Gasteiger partial charge in [0.2, 0.25) is 0 Å². The van der Waals surface area contributed by atoms with E-state index in [1.165, 1.54) is 18.6 Å². The Bertz CT molecular complexity index is 71.5. The zero-order valence-corrected chi connectivity index (χ0v) is 6.41. The molecule has 1 heterocycles. The van der Waals surface area contributed by atoms with Gasteiger partial charge in [-0.25, -0.2) is 0 Å². The minimum atomic E-state index is 0.702. The number of hydrogen-bond donors (Lipinski definition) is 2. The Hall–Kier alpha value is 0.270. The van der Waals surface area contributed by atoms with E-state index in [4.69, 9.17) is 5.73 Å². The molecule has 0 bridgehead atoms. The summed E-state index contributed by atoms with van der Waals surface area (Å²) in [6, 6.07) is 0. The summed E-state index contributed by atoms with van der Waals surface area (Å²) in [6.07, 6.45) is 2.69. The molecular formula is C6H14N2S. The standard InChI is InChI=1S/C6H14N2S/c7-3-4-8-6-2-1-5-9-6/h6,8H,1-5,7H2. The number of thioether (sulfide) groups is 1. The van der Waals surface area contributed by atoms with Crippen LogP contribution in [0.1, 0.15) is 12.8 Å². The molecule has 0 radical (unpaired) electrons. The van der Waals surface area contributed by atoms with Gasteiger partial charge in [0.1, 0.15) is 0 Å². The van der Waals surface area contributed by atoms with E-state index in [2.05, 4.69) is 5.32 Å². The van der Waals surface area contributed by atoms with Crippen molar-refractivity contribution in [2.24, 2.45) is 5.73 Å². The fourth-order valence-corrected chi connectivity index (χ4v) is 2.17. The summed E-state index contributed by atoms with van der Waals surface area (Å²) in [6.45, 7) is 1.73. The fourth-order valence-electron chi connectivity index (χ4n) is 0.983. The van der Waals surface area contributed by atoms with E-state index in [1.54, 1.807) is 0 Å². The van der Waals surface area contributed by atoms with E-state index in [0.717, 1.165) is 13.1 Å². The van der Waals surface area contributed by atoms with E-state index >= 15 is 0 Å². The van der Waals surface area contributed by atoms with Crippen molar-refractivity contribution in [3.8, 4) is 0 Å². The molecule has 0 amide bonds. The van der Waals surface area contributed by atoms with Crippen molar-refractivity contribution < 1.29 is 0 Å². The Morgan fingerprint density at radius 2 is 2.56 bits per heavy atom. The molecule has 0 saturated carbocycles. The Balaban J connectivity index is 1.98. The van der Waals surface area contributed by atoms with Gasteiger partial charge >= 0.3 is 0 Å². The smallest absolute Gasteiger partial charge is 0.0532 e. The van der Waals surface area contributed by atoms with Crippen LogP contribution in [0.3, 0.4) is 0 Å². The van der Waals surface area contributed by atoms with Crippen LogP contribution in [0.15, 0.2) is 0 Å². The van der Waals surface area contributed by atoms with Crippen molar-refractivity contribution in [1.29, 1.82) is 0 Å². The highest BCUT2D eigenvalue weighted by molar-refractivity contribution is 8.00. The minimum absolute atomic E-state index is 0.702. The third kappa shape index (κ3) is 2.56. The SMILES string of the molecule is NCCNC1CCCS1. The second-order valence-corrected chi connectivity index (χ2v) is 3.56. The molecule has 1 rings (SSSR count). The molecule has 2 nitrogen and oxygen atoms in total. The molecule has 1 aliphatic rings. The molecule has 1 fully saturated rings. The molecule has 54 valence electrons. The third-order valence-corrected chi connectivity index (χ3v) is 2.78. The molecule has 0 aliphatic carbocycles. The van der Waals surface area contributed by atoms with Crippen molar-refractivity contribution >= 4 is 11.8 Å². The van der Waals surface area contributed by atoms with E-state index in [9.17, 15) is 0 Å². The summed E-state index contributed by atoms with van der Waals surface area (Å²) in [5.41, 5.74) is 5.33. The summed E-state index contributed by atoms with van der Waals surface area (Å²) in [5.74, 6) is 1.32. The number of nitrogens with one attached hydrogen (secondary N) is 1. The van der Waals surface area contributed by atoms with Crippen LogP contribution in [-0.4, -0.2) is 24.2 Å². The van der Waals surface area contributed by atoms with Gasteiger partial charge in [-0.2, -0.15) is 0 Å². The second-order valence-electron chi connectivity index (χ2n) is 2.24. The van der Waals surface area contributed by atoms with E-state index in [0.29, 0.717) is 5.37 Å². The number of nitrogens with two attached hydrogens (primary N) is 1. The Morgan fingerprint density at radius 1 is 1.67 bits per heavy atom. The minimum Gasteiger partial charge on any atom is -0.329 e. The van der Waals surface area contributed by atoms with Crippen LogP contribution < -0.4 is 11.1 Å². The lowest BCUT2D eigenvalue weighted by Gasteiger charge is -2.08. The normalized spacial score (nSPS) is 27.0. The maximum atomic E-state index is 5.33. The molecule has 1 unspecified atom stereocenters. The topological polar surface area (TPSA) is 38.0 Å². The first-order chi connectivity index (χ1) is 4.43. The third-order valence-electron chi connectivity index (χ3n) is 1.45. The fraction of sp³-hybridized carbons (Fsp3) is 1.00. The zero-order chi connectivity index (χ0) is 6.53. The molecule has 3 N–H and O–H groups in total. The van der Waals surface area contributed by atoms with Gasteiger partial charge in [-0.15, -0.1) is 11.8 Å². The van der Waals surface area contributed by atoms with Crippen LogP contribution in [0.5, 0.6) is 0 Å². The van der Waals surface area contributed by atoms with Crippen LogP contribution in [0.2, 0.25) is 0 Å². The number of rotatable bonds is 3. The largest absolute Gasteiger partial charge is 0.329 e. The van der Waals surface area contributed by atoms with Crippen molar-refractivity contribution in [2.75, 3.05) is 18.8 Å². The van der Waals surface area contributed by atoms with Gasteiger partial charge in [0.15, 0.2) is 0 Å².